The standard InChI is InChI=1S/C17H18N2O2/c20-11-16(12-4-2-1-3-5-12)19-17(21)14-6-7-15-13(10-14)8-9-18-15/h1-7,10,16,18,20H,8-9,11H2,(H,19,21). The Bertz CT molecular complexity index is 640. The molecule has 0 radical (unpaired) electrons. The minimum atomic E-state index is -0.384. The van der Waals surface area contributed by atoms with Gasteiger partial charge >= 0.3 is 0 Å². The number of fused-ring (bicyclic) bond motifs is 1. The van der Waals surface area contributed by atoms with Crippen LogP contribution in [-0.4, -0.2) is 24.2 Å². The molecule has 0 saturated carbocycles. The molecule has 2 aromatic rings. The van der Waals surface area contributed by atoms with Gasteiger partial charge in [-0.25, -0.2) is 0 Å². The minimum absolute atomic E-state index is 0.123. The molecule has 0 bridgehead atoms. The van der Waals surface area contributed by atoms with Crippen molar-refractivity contribution in [2.24, 2.45) is 0 Å². The Morgan fingerprint density at radius 1 is 1.24 bits per heavy atom. The van der Waals surface area contributed by atoms with Gasteiger partial charge in [0.2, 0.25) is 0 Å². The van der Waals surface area contributed by atoms with Crippen molar-refractivity contribution in [1.29, 1.82) is 0 Å². The zero-order valence-corrected chi connectivity index (χ0v) is 11.7. The monoisotopic (exact) mass is 282 g/mol. The quantitative estimate of drug-likeness (QED) is 0.805. The molecule has 2 aromatic carbocycles. The molecule has 3 rings (SSSR count). The van der Waals surface area contributed by atoms with E-state index >= 15 is 0 Å². The zero-order chi connectivity index (χ0) is 14.7. The first-order chi connectivity index (χ1) is 10.3. The molecular formula is C17H18N2O2. The Morgan fingerprint density at radius 2 is 2.05 bits per heavy atom. The SMILES string of the molecule is O=C(NC(CO)c1ccccc1)c1ccc2c(c1)CCN2. The van der Waals surface area contributed by atoms with Gasteiger partial charge in [-0.3, -0.25) is 4.79 Å². The van der Waals surface area contributed by atoms with Crippen LogP contribution in [0.25, 0.3) is 0 Å². The molecule has 0 fully saturated rings. The first kappa shape index (κ1) is 13.6. The fourth-order valence-corrected chi connectivity index (χ4v) is 2.61. The lowest BCUT2D eigenvalue weighted by atomic mass is 10.1. The molecule has 1 aliphatic rings. The van der Waals surface area contributed by atoms with Crippen molar-refractivity contribution in [1.82, 2.24) is 5.32 Å². The normalized spacial score (nSPS) is 14.1. The van der Waals surface area contributed by atoms with Crippen molar-refractivity contribution in [2.75, 3.05) is 18.5 Å². The highest BCUT2D eigenvalue weighted by Gasteiger charge is 2.17. The zero-order valence-electron chi connectivity index (χ0n) is 11.7. The van der Waals surface area contributed by atoms with Crippen molar-refractivity contribution >= 4 is 11.6 Å². The molecule has 1 aliphatic heterocycles. The van der Waals surface area contributed by atoms with Crippen molar-refractivity contribution in [2.45, 2.75) is 12.5 Å². The van der Waals surface area contributed by atoms with E-state index in [1.165, 1.54) is 5.56 Å². The molecule has 3 N–H and O–H groups in total. The Hall–Kier alpha value is -2.33. The fraction of sp³-hybridized carbons (Fsp3) is 0.235. The second-order valence-corrected chi connectivity index (χ2v) is 5.17. The topological polar surface area (TPSA) is 61.4 Å². The van der Waals surface area contributed by atoms with Crippen molar-refractivity contribution < 1.29 is 9.90 Å². The van der Waals surface area contributed by atoms with Crippen LogP contribution in [-0.2, 0) is 6.42 Å². The second kappa shape index (κ2) is 5.97. The van der Waals surface area contributed by atoms with Crippen LogP contribution < -0.4 is 10.6 Å². The summed E-state index contributed by atoms with van der Waals surface area (Å²) in [6.07, 6.45) is 0.943. The maximum Gasteiger partial charge on any atom is 0.251 e. The molecule has 1 heterocycles. The van der Waals surface area contributed by atoms with Crippen LogP contribution in [0, 0.1) is 0 Å². The summed E-state index contributed by atoms with van der Waals surface area (Å²) < 4.78 is 0. The average Bonchev–Trinajstić information content (AvgIpc) is 3.00. The predicted molar refractivity (Wildman–Crippen MR) is 82.4 cm³/mol. The van der Waals surface area contributed by atoms with E-state index in [4.69, 9.17) is 0 Å². The maximum atomic E-state index is 12.3. The molecule has 21 heavy (non-hydrogen) atoms. The van der Waals surface area contributed by atoms with Crippen LogP contribution in [0.1, 0.15) is 27.5 Å². The number of carbonyl (C=O) groups is 1. The van der Waals surface area contributed by atoms with E-state index in [1.807, 2.05) is 48.5 Å². The number of hydrogen-bond donors (Lipinski definition) is 3. The third-order valence-corrected chi connectivity index (χ3v) is 3.77. The van der Waals surface area contributed by atoms with Gasteiger partial charge in [0.05, 0.1) is 12.6 Å². The molecule has 4 heteroatoms. The van der Waals surface area contributed by atoms with Crippen LogP contribution >= 0.6 is 0 Å². The van der Waals surface area contributed by atoms with E-state index in [0.717, 1.165) is 24.2 Å². The Balaban J connectivity index is 1.76. The second-order valence-electron chi connectivity index (χ2n) is 5.17. The molecule has 108 valence electrons. The summed E-state index contributed by atoms with van der Waals surface area (Å²) in [7, 11) is 0. The van der Waals surface area contributed by atoms with Gasteiger partial charge in [-0.05, 0) is 35.7 Å². The summed E-state index contributed by atoms with van der Waals surface area (Å²) in [4.78, 5) is 12.3. The van der Waals surface area contributed by atoms with Gasteiger partial charge in [0, 0.05) is 17.8 Å². The van der Waals surface area contributed by atoms with Crippen molar-refractivity contribution in [3.05, 3.63) is 65.2 Å². The summed E-state index contributed by atoms with van der Waals surface area (Å²) in [5, 5.41) is 15.7. The molecule has 0 aliphatic carbocycles. The molecule has 1 atom stereocenters. The number of anilines is 1. The van der Waals surface area contributed by atoms with Crippen molar-refractivity contribution in [3.63, 3.8) is 0 Å². The van der Waals surface area contributed by atoms with Crippen LogP contribution in [0.3, 0.4) is 0 Å². The number of aliphatic hydroxyl groups excluding tert-OH is 1. The first-order valence-corrected chi connectivity index (χ1v) is 7.11. The summed E-state index contributed by atoms with van der Waals surface area (Å²) in [5.74, 6) is -0.160. The van der Waals surface area contributed by atoms with Crippen LogP contribution in [0.5, 0.6) is 0 Å². The number of aliphatic hydroxyl groups is 1. The molecule has 0 saturated heterocycles. The van der Waals surface area contributed by atoms with E-state index in [1.54, 1.807) is 0 Å². The van der Waals surface area contributed by atoms with E-state index in [9.17, 15) is 9.90 Å². The van der Waals surface area contributed by atoms with E-state index < -0.39 is 0 Å². The number of nitrogens with one attached hydrogen (secondary N) is 2. The number of rotatable bonds is 4. The highest BCUT2D eigenvalue weighted by atomic mass is 16.3. The molecule has 0 spiro atoms. The van der Waals surface area contributed by atoms with Crippen LogP contribution in [0.15, 0.2) is 48.5 Å². The lowest BCUT2D eigenvalue weighted by Gasteiger charge is -2.17. The van der Waals surface area contributed by atoms with Crippen LogP contribution in [0.4, 0.5) is 5.69 Å². The minimum Gasteiger partial charge on any atom is -0.394 e. The van der Waals surface area contributed by atoms with Gasteiger partial charge in [-0.1, -0.05) is 30.3 Å². The van der Waals surface area contributed by atoms with E-state index in [-0.39, 0.29) is 18.6 Å². The molecule has 0 aromatic heterocycles. The highest BCUT2D eigenvalue weighted by molar-refractivity contribution is 5.95. The highest BCUT2D eigenvalue weighted by Crippen LogP contribution is 2.23. The third kappa shape index (κ3) is 2.90. The molecule has 1 amide bonds. The average molecular weight is 282 g/mol. The van der Waals surface area contributed by atoms with Gasteiger partial charge in [0.15, 0.2) is 0 Å². The fourth-order valence-electron chi connectivity index (χ4n) is 2.61. The van der Waals surface area contributed by atoms with Gasteiger partial charge in [-0.2, -0.15) is 0 Å². The predicted octanol–water partition coefficient (Wildman–Crippen LogP) is 2.12. The Kier molecular flexibility index (Phi) is 3.88. The first-order valence-electron chi connectivity index (χ1n) is 7.11. The number of amides is 1. The van der Waals surface area contributed by atoms with E-state index in [2.05, 4.69) is 10.6 Å². The number of benzene rings is 2. The van der Waals surface area contributed by atoms with Gasteiger partial charge in [0.25, 0.3) is 5.91 Å². The lowest BCUT2D eigenvalue weighted by molar-refractivity contribution is 0.0916. The molecule has 4 nitrogen and oxygen atoms in total. The summed E-state index contributed by atoms with van der Waals surface area (Å²) in [5.41, 5.74) is 3.80. The number of carbonyl (C=O) groups excluding carboxylic acids is 1. The maximum absolute atomic E-state index is 12.3. The van der Waals surface area contributed by atoms with Crippen LogP contribution in [0.2, 0.25) is 0 Å². The summed E-state index contributed by atoms with van der Waals surface area (Å²) in [6, 6.07) is 14.8. The Morgan fingerprint density at radius 3 is 2.81 bits per heavy atom. The number of hydrogen-bond acceptors (Lipinski definition) is 3. The van der Waals surface area contributed by atoms with E-state index in [0.29, 0.717) is 5.56 Å². The summed E-state index contributed by atoms with van der Waals surface area (Å²) in [6.45, 7) is 0.798. The van der Waals surface area contributed by atoms with Gasteiger partial charge < -0.3 is 15.7 Å². The molecule has 1 unspecified atom stereocenters. The van der Waals surface area contributed by atoms with Gasteiger partial charge in [0.1, 0.15) is 0 Å². The molecular weight excluding hydrogens is 264 g/mol. The largest absolute Gasteiger partial charge is 0.394 e. The lowest BCUT2D eigenvalue weighted by Crippen LogP contribution is -2.30. The summed E-state index contributed by atoms with van der Waals surface area (Å²) >= 11 is 0. The third-order valence-electron chi connectivity index (χ3n) is 3.77. The smallest absolute Gasteiger partial charge is 0.251 e. The van der Waals surface area contributed by atoms with Gasteiger partial charge in [-0.15, -0.1) is 0 Å². The van der Waals surface area contributed by atoms with Crippen molar-refractivity contribution in [3.8, 4) is 0 Å². The Labute approximate surface area is 123 Å².